The van der Waals surface area contributed by atoms with E-state index in [0.717, 1.165) is 60.5 Å². The molecule has 194 valence electrons. The van der Waals surface area contributed by atoms with Gasteiger partial charge in [0.15, 0.2) is 5.11 Å². The van der Waals surface area contributed by atoms with Gasteiger partial charge in [0.25, 0.3) is 0 Å². The highest BCUT2D eigenvalue weighted by Crippen LogP contribution is 2.44. The molecular formula is C30H32N6OS. The number of thiocarbonyl (C=S) groups is 1. The molecule has 1 N–H and O–H groups in total. The molecule has 1 aromatic carbocycles. The molecule has 6 rings (SSSR count). The van der Waals surface area contributed by atoms with E-state index < -0.39 is 0 Å². The maximum absolute atomic E-state index is 5.97. The summed E-state index contributed by atoms with van der Waals surface area (Å²) in [6.07, 6.45) is 3.70. The van der Waals surface area contributed by atoms with Gasteiger partial charge in [0.05, 0.1) is 31.0 Å². The van der Waals surface area contributed by atoms with E-state index in [1.54, 1.807) is 0 Å². The first kappa shape index (κ1) is 24.6. The fraction of sp³-hybridized carbons (Fsp3) is 0.300. The summed E-state index contributed by atoms with van der Waals surface area (Å²) in [6.45, 7) is 9.77. The lowest BCUT2D eigenvalue weighted by molar-refractivity contribution is 0.122. The highest BCUT2D eigenvalue weighted by atomic mass is 32.1. The molecule has 7 nitrogen and oxygen atoms in total. The number of rotatable bonds is 5. The Morgan fingerprint density at radius 2 is 1.63 bits per heavy atom. The summed E-state index contributed by atoms with van der Waals surface area (Å²) < 4.78 is 7.78. The van der Waals surface area contributed by atoms with Crippen molar-refractivity contribution in [3.8, 4) is 5.82 Å². The number of pyridine rings is 2. The number of benzene rings is 1. The fourth-order valence-corrected chi connectivity index (χ4v) is 6.06. The van der Waals surface area contributed by atoms with Crippen LogP contribution in [0.2, 0.25) is 0 Å². The number of morpholine rings is 1. The van der Waals surface area contributed by atoms with Gasteiger partial charge < -0.3 is 24.4 Å². The first-order chi connectivity index (χ1) is 18.5. The summed E-state index contributed by atoms with van der Waals surface area (Å²) >= 11 is 5.97. The van der Waals surface area contributed by atoms with Gasteiger partial charge >= 0.3 is 0 Å². The average molecular weight is 525 g/mol. The summed E-state index contributed by atoms with van der Waals surface area (Å²) in [6, 6.07) is 21.0. The van der Waals surface area contributed by atoms with Crippen LogP contribution in [0.4, 0.5) is 11.4 Å². The van der Waals surface area contributed by atoms with Crippen molar-refractivity contribution >= 4 is 28.7 Å². The van der Waals surface area contributed by atoms with Gasteiger partial charge in [-0.2, -0.15) is 0 Å². The summed E-state index contributed by atoms with van der Waals surface area (Å²) in [5, 5.41) is 4.29. The number of ether oxygens (including phenoxy) is 1. The molecule has 0 aliphatic carbocycles. The highest BCUT2D eigenvalue weighted by molar-refractivity contribution is 7.80. The van der Waals surface area contributed by atoms with Gasteiger partial charge in [-0.3, -0.25) is 4.98 Å². The standard InChI is InChI=1S/C30H32N6OS/c1-20-7-6-14-32-29(20)35-21(2)19-25(22(35)3)28-27(26-8-4-5-13-31-26)33-30(38)36(28)24-11-9-23(10-12-24)34-15-17-37-18-16-34/h4-14,19,27-28H,15-18H2,1-3H3,(H,33,38). The van der Waals surface area contributed by atoms with Crippen molar-refractivity contribution in [3.05, 3.63) is 101 Å². The molecule has 0 saturated carbocycles. The largest absolute Gasteiger partial charge is 0.378 e. The van der Waals surface area contributed by atoms with E-state index in [1.807, 2.05) is 30.6 Å². The number of hydrogen-bond acceptors (Lipinski definition) is 5. The maximum Gasteiger partial charge on any atom is 0.174 e. The molecule has 2 atom stereocenters. The van der Waals surface area contributed by atoms with Crippen LogP contribution >= 0.6 is 12.2 Å². The van der Waals surface area contributed by atoms with Crippen molar-refractivity contribution in [2.24, 2.45) is 0 Å². The number of aryl methyl sites for hydroxylation is 2. The Labute approximate surface area is 229 Å². The van der Waals surface area contributed by atoms with Gasteiger partial charge in [0, 0.05) is 48.2 Å². The van der Waals surface area contributed by atoms with Crippen LogP contribution in [0.15, 0.2) is 73.1 Å². The minimum atomic E-state index is -0.0959. The molecule has 8 heteroatoms. The Hall–Kier alpha value is -3.75. The van der Waals surface area contributed by atoms with Crippen molar-refractivity contribution in [1.82, 2.24) is 19.9 Å². The highest BCUT2D eigenvalue weighted by Gasteiger charge is 2.42. The number of nitrogens with zero attached hydrogens (tertiary/aromatic N) is 5. The van der Waals surface area contributed by atoms with Gasteiger partial charge in [0.2, 0.25) is 0 Å². The monoisotopic (exact) mass is 524 g/mol. The van der Waals surface area contributed by atoms with E-state index in [-0.39, 0.29) is 12.1 Å². The van der Waals surface area contributed by atoms with E-state index in [1.165, 1.54) is 11.3 Å². The molecule has 2 saturated heterocycles. The quantitative estimate of drug-likeness (QED) is 0.360. The molecule has 2 aliphatic rings. The van der Waals surface area contributed by atoms with Crippen LogP contribution in [0.3, 0.4) is 0 Å². The van der Waals surface area contributed by atoms with Crippen LogP contribution in [0.1, 0.15) is 40.3 Å². The van der Waals surface area contributed by atoms with Crippen LogP contribution in [-0.4, -0.2) is 46.0 Å². The second-order valence-corrected chi connectivity index (χ2v) is 10.3. The van der Waals surface area contributed by atoms with E-state index in [9.17, 15) is 0 Å². The predicted molar refractivity (Wildman–Crippen MR) is 155 cm³/mol. The molecular weight excluding hydrogens is 492 g/mol. The summed E-state index contributed by atoms with van der Waals surface area (Å²) in [5.74, 6) is 0.957. The van der Waals surface area contributed by atoms with E-state index in [2.05, 4.69) is 82.9 Å². The SMILES string of the molecule is Cc1cccnc1-n1c(C)cc(C2C(c3ccccn3)NC(=S)N2c2ccc(N3CCOCC3)cc2)c1C. The fourth-order valence-electron chi connectivity index (χ4n) is 5.72. The Bertz CT molecular complexity index is 1450. The minimum Gasteiger partial charge on any atom is -0.378 e. The molecule has 4 aromatic rings. The van der Waals surface area contributed by atoms with Gasteiger partial charge in [0.1, 0.15) is 5.82 Å². The minimum absolute atomic E-state index is 0.0735. The van der Waals surface area contributed by atoms with Gasteiger partial charge in [-0.1, -0.05) is 12.1 Å². The number of aromatic nitrogens is 3. The van der Waals surface area contributed by atoms with E-state index in [4.69, 9.17) is 26.9 Å². The van der Waals surface area contributed by atoms with Crippen LogP contribution in [0, 0.1) is 20.8 Å². The lowest BCUT2D eigenvalue weighted by Gasteiger charge is -2.31. The second kappa shape index (κ2) is 10.2. The zero-order valence-corrected chi connectivity index (χ0v) is 22.8. The van der Waals surface area contributed by atoms with Crippen molar-refractivity contribution < 1.29 is 4.74 Å². The summed E-state index contributed by atoms with van der Waals surface area (Å²) in [5.41, 5.74) is 7.85. The normalized spacial score (nSPS) is 19.6. The number of anilines is 2. The maximum atomic E-state index is 5.97. The third-order valence-corrected chi connectivity index (χ3v) is 7.90. The topological polar surface area (TPSA) is 58.5 Å². The third-order valence-electron chi connectivity index (χ3n) is 7.58. The second-order valence-electron chi connectivity index (χ2n) is 9.92. The smallest absolute Gasteiger partial charge is 0.174 e. The van der Waals surface area contributed by atoms with E-state index >= 15 is 0 Å². The zero-order chi connectivity index (χ0) is 26.2. The summed E-state index contributed by atoms with van der Waals surface area (Å²) in [4.78, 5) is 14.0. The number of hydrogen-bond donors (Lipinski definition) is 1. The lowest BCUT2D eigenvalue weighted by atomic mass is 9.96. The van der Waals surface area contributed by atoms with Crippen LogP contribution in [0.5, 0.6) is 0 Å². The van der Waals surface area contributed by atoms with Crippen molar-refractivity contribution in [2.45, 2.75) is 32.9 Å². The van der Waals surface area contributed by atoms with Crippen molar-refractivity contribution in [1.29, 1.82) is 0 Å². The molecule has 2 aliphatic heterocycles. The average Bonchev–Trinajstić information content (AvgIpc) is 3.45. The van der Waals surface area contributed by atoms with Gasteiger partial charge in [-0.15, -0.1) is 0 Å². The Kier molecular flexibility index (Phi) is 6.59. The van der Waals surface area contributed by atoms with Gasteiger partial charge in [-0.25, -0.2) is 4.98 Å². The molecule has 2 unspecified atom stereocenters. The van der Waals surface area contributed by atoms with Crippen molar-refractivity contribution in [3.63, 3.8) is 0 Å². The van der Waals surface area contributed by atoms with Crippen molar-refractivity contribution in [2.75, 3.05) is 36.1 Å². The first-order valence-electron chi connectivity index (χ1n) is 13.1. The molecule has 3 aromatic heterocycles. The van der Waals surface area contributed by atoms with Crippen LogP contribution < -0.4 is 15.1 Å². The molecule has 0 spiro atoms. The van der Waals surface area contributed by atoms with Crippen LogP contribution in [0.25, 0.3) is 5.82 Å². The molecule has 2 fully saturated rings. The molecule has 38 heavy (non-hydrogen) atoms. The molecule has 0 radical (unpaired) electrons. The molecule has 5 heterocycles. The third kappa shape index (κ3) is 4.33. The molecule has 0 bridgehead atoms. The Morgan fingerprint density at radius 3 is 2.34 bits per heavy atom. The predicted octanol–water partition coefficient (Wildman–Crippen LogP) is 5.21. The first-order valence-corrected chi connectivity index (χ1v) is 13.5. The number of nitrogens with one attached hydrogen (secondary N) is 1. The van der Waals surface area contributed by atoms with Crippen LogP contribution in [-0.2, 0) is 4.74 Å². The Balaban J connectivity index is 1.44. The molecule has 0 amide bonds. The zero-order valence-electron chi connectivity index (χ0n) is 22.0. The summed E-state index contributed by atoms with van der Waals surface area (Å²) in [7, 11) is 0. The lowest BCUT2D eigenvalue weighted by Crippen LogP contribution is -2.36. The Morgan fingerprint density at radius 1 is 0.895 bits per heavy atom. The van der Waals surface area contributed by atoms with Gasteiger partial charge in [-0.05, 0) is 92.6 Å². The van der Waals surface area contributed by atoms with E-state index in [0.29, 0.717) is 5.11 Å².